The standard InChI is InChI=1S/C23H22ClF4N3O/c1-13-11-31(14(2)10-30(13)12-15-3-5-17(25)6-4-15)22(32)21-8-16-7-19(24)18(23(26,27)28)9-20(16)29-21/h3-9,13-14,29H,10-12H2,1-2H3. The second-order valence-corrected chi connectivity index (χ2v) is 8.72. The number of carbonyl (C=O) groups is 1. The topological polar surface area (TPSA) is 39.3 Å². The average Bonchev–Trinajstić information content (AvgIpc) is 3.13. The number of carbonyl (C=O) groups excluding carboxylic acids is 1. The van der Waals surface area contributed by atoms with Crippen molar-refractivity contribution < 1.29 is 22.4 Å². The van der Waals surface area contributed by atoms with Crippen molar-refractivity contribution in [2.24, 2.45) is 0 Å². The number of hydrogen-bond donors (Lipinski definition) is 1. The molecule has 2 atom stereocenters. The van der Waals surface area contributed by atoms with Gasteiger partial charge in [-0.25, -0.2) is 4.39 Å². The molecule has 0 radical (unpaired) electrons. The lowest BCUT2D eigenvalue weighted by molar-refractivity contribution is -0.137. The minimum absolute atomic E-state index is 0.0517. The molecule has 170 valence electrons. The Balaban J connectivity index is 1.52. The molecule has 1 aliphatic heterocycles. The highest BCUT2D eigenvalue weighted by molar-refractivity contribution is 6.32. The number of halogens is 5. The quantitative estimate of drug-likeness (QED) is 0.501. The van der Waals surface area contributed by atoms with Crippen molar-refractivity contribution >= 4 is 28.4 Å². The molecule has 0 aliphatic carbocycles. The number of hydrogen-bond acceptors (Lipinski definition) is 2. The van der Waals surface area contributed by atoms with Crippen LogP contribution in [0.25, 0.3) is 10.9 Å². The predicted octanol–water partition coefficient (Wildman–Crippen LogP) is 5.71. The van der Waals surface area contributed by atoms with Gasteiger partial charge < -0.3 is 9.88 Å². The van der Waals surface area contributed by atoms with Gasteiger partial charge in [0, 0.05) is 42.6 Å². The Bertz CT molecular complexity index is 1140. The third kappa shape index (κ3) is 4.47. The number of benzene rings is 2. The number of aromatic amines is 1. The van der Waals surface area contributed by atoms with Crippen LogP contribution >= 0.6 is 11.6 Å². The summed E-state index contributed by atoms with van der Waals surface area (Å²) in [7, 11) is 0. The van der Waals surface area contributed by atoms with E-state index in [-0.39, 0.29) is 35.0 Å². The fourth-order valence-electron chi connectivity index (χ4n) is 4.17. The Morgan fingerprint density at radius 2 is 1.78 bits per heavy atom. The van der Waals surface area contributed by atoms with Crippen LogP contribution in [0, 0.1) is 5.82 Å². The van der Waals surface area contributed by atoms with E-state index >= 15 is 0 Å². The second kappa shape index (κ2) is 8.41. The van der Waals surface area contributed by atoms with E-state index in [1.54, 1.807) is 17.0 Å². The van der Waals surface area contributed by atoms with Gasteiger partial charge in [0.05, 0.1) is 10.6 Å². The number of aromatic nitrogens is 1. The van der Waals surface area contributed by atoms with Crippen molar-refractivity contribution in [1.82, 2.24) is 14.8 Å². The average molecular weight is 468 g/mol. The summed E-state index contributed by atoms with van der Waals surface area (Å²) >= 11 is 5.80. The third-order valence-electron chi connectivity index (χ3n) is 5.92. The maximum atomic E-state index is 13.2. The van der Waals surface area contributed by atoms with E-state index in [0.717, 1.165) is 11.6 Å². The van der Waals surface area contributed by atoms with Crippen molar-refractivity contribution in [3.63, 3.8) is 0 Å². The minimum Gasteiger partial charge on any atom is -0.351 e. The van der Waals surface area contributed by atoms with Gasteiger partial charge in [-0.05, 0) is 49.7 Å². The van der Waals surface area contributed by atoms with Crippen LogP contribution in [0.15, 0.2) is 42.5 Å². The molecule has 1 N–H and O–H groups in total. The molecule has 32 heavy (non-hydrogen) atoms. The summed E-state index contributed by atoms with van der Waals surface area (Å²) in [6.07, 6.45) is -4.58. The Kier molecular flexibility index (Phi) is 5.94. The van der Waals surface area contributed by atoms with Crippen LogP contribution in [0.2, 0.25) is 5.02 Å². The summed E-state index contributed by atoms with van der Waals surface area (Å²) < 4.78 is 52.6. The number of nitrogens with one attached hydrogen (secondary N) is 1. The van der Waals surface area contributed by atoms with Gasteiger partial charge in [0.15, 0.2) is 0 Å². The largest absolute Gasteiger partial charge is 0.417 e. The lowest BCUT2D eigenvalue weighted by Gasteiger charge is -2.44. The fourth-order valence-corrected chi connectivity index (χ4v) is 4.45. The highest BCUT2D eigenvalue weighted by Gasteiger charge is 2.35. The molecule has 0 saturated carbocycles. The first-order valence-electron chi connectivity index (χ1n) is 10.2. The van der Waals surface area contributed by atoms with Gasteiger partial charge in [-0.15, -0.1) is 0 Å². The van der Waals surface area contributed by atoms with Gasteiger partial charge >= 0.3 is 6.18 Å². The van der Waals surface area contributed by atoms with Gasteiger partial charge in [-0.1, -0.05) is 23.7 Å². The summed E-state index contributed by atoms with van der Waals surface area (Å²) in [4.78, 5) is 19.9. The molecule has 1 aliphatic rings. The molecule has 4 rings (SSSR count). The third-order valence-corrected chi connectivity index (χ3v) is 6.23. The number of rotatable bonds is 3. The predicted molar refractivity (Wildman–Crippen MR) is 115 cm³/mol. The zero-order valence-electron chi connectivity index (χ0n) is 17.5. The van der Waals surface area contributed by atoms with Crippen LogP contribution in [0.3, 0.4) is 0 Å². The van der Waals surface area contributed by atoms with E-state index in [4.69, 9.17) is 11.6 Å². The zero-order valence-corrected chi connectivity index (χ0v) is 18.3. The van der Waals surface area contributed by atoms with E-state index < -0.39 is 16.8 Å². The molecule has 1 amide bonds. The first kappa shape index (κ1) is 22.6. The van der Waals surface area contributed by atoms with Gasteiger partial charge in [-0.2, -0.15) is 13.2 Å². The Morgan fingerprint density at radius 3 is 2.44 bits per heavy atom. The van der Waals surface area contributed by atoms with E-state index in [9.17, 15) is 22.4 Å². The normalized spacial score (nSPS) is 20.2. The monoisotopic (exact) mass is 467 g/mol. The van der Waals surface area contributed by atoms with Crippen molar-refractivity contribution in [3.8, 4) is 0 Å². The summed E-state index contributed by atoms with van der Waals surface area (Å²) in [5.41, 5.74) is 0.476. The maximum Gasteiger partial charge on any atom is 0.417 e. The summed E-state index contributed by atoms with van der Waals surface area (Å²) in [5.74, 6) is -0.556. The van der Waals surface area contributed by atoms with E-state index in [0.29, 0.717) is 25.0 Å². The molecule has 9 heteroatoms. The number of piperazine rings is 1. The molecule has 1 saturated heterocycles. The second-order valence-electron chi connectivity index (χ2n) is 8.31. The highest BCUT2D eigenvalue weighted by Crippen LogP contribution is 2.37. The lowest BCUT2D eigenvalue weighted by atomic mass is 10.1. The van der Waals surface area contributed by atoms with Crippen LogP contribution < -0.4 is 0 Å². The number of H-pyrrole nitrogens is 1. The van der Waals surface area contributed by atoms with Crippen LogP contribution in [-0.4, -0.2) is 45.9 Å². The molecule has 2 unspecified atom stereocenters. The SMILES string of the molecule is CC1CN(C(=O)c2cc3cc(Cl)c(C(F)(F)F)cc3[nH]2)C(C)CN1Cc1ccc(F)cc1. The molecule has 0 bridgehead atoms. The number of alkyl halides is 3. The molecule has 4 nitrogen and oxygen atoms in total. The summed E-state index contributed by atoms with van der Waals surface area (Å²) in [6.45, 7) is 5.66. The Hall–Kier alpha value is -2.58. The molecular weight excluding hydrogens is 446 g/mol. The summed E-state index contributed by atoms with van der Waals surface area (Å²) in [5, 5.41) is 0.0430. The molecule has 2 aromatic carbocycles. The smallest absolute Gasteiger partial charge is 0.351 e. The molecule has 3 aromatic rings. The van der Waals surface area contributed by atoms with Crippen LogP contribution in [-0.2, 0) is 12.7 Å². The van der Waals surface area contributed by atoms with Crippen molar-refractivity contribution in [3.05, 3.63) is 70.1 Å². The van der Waals surface area contributed by atoms with Gasteiger partial charge in [0.2, 0.25) is 0 Å². The number of nitrogens with zero attached hydrogens (tertiary/aromatic N) is 2. The van der Waals surface area contributed by atoms with E-state index in [1.807, 2.05) is 13.8 Å². The van der Waals surface area contributed by atoms with E-state index in [1.165, 1.54) is 24.3 Å². The van der Waals surface area contributed by atoms with Crippen molar-refractivity contribution in [1.29, 1.82) is 0 Å². The molecule has 1 aromatic heterocycles. The molecular formula is C23H22ClF4N3O. The first-order chi connectivity index (χ1) is 15.0. The molecule has 2 heterocycles. The first-order valence-corrected chi connectivity index (χ1v) is 10.6. The van der Waals surface area contributed by atoms with E-state index in [2.05, 4.69) is 9.88 Å². The summed E-state index contributed by atoms with van der Waals surface area (Å²) in [6, 6.07) is 9.97. The minimum atomic E-state index is -4.58. The van der Waals surface area contributed by atoms with Crippen molar-refractivity contribution in [2.45, 2.75) is 38.7 Å². The Labute approximate surface area is 187 Å². The number of fused-ring (bicyclic) bond motifs is 1. The van der Waals surface area contributed by atoms with Crippen molar-refractivity contribution in [2.75, 3.05) is 13.1 Å². The van der Waals surface area contributed by atoms with Gasteiger partial charge in [0.25, 0.3) is 5.91 Å². The van der Waals surface area contributed by atoms with Crippen LogP contribution in [0.1, 0.15) is 35.5 Å². The van der Waals surface area contributed by atoms with Crippen LogP contribution in [0.5, 0.6) is 0 Å². The van der Waals surface area contributed by atoms with Crippen LogP contribution in [0.4, 0.5) is 17.6 Å². The van der Waals surface area contributed by atoms with Gasteiger partial charge in [0.1, 0.15) is 11.5 Å². The van der Waals surface area contributed by atoms with Gasteiger partial charge in [-0.3, -0.25) is 9.69 Å². The fraction of sp³-hybridized carbons (Fsp3) is 0.348. The lowest BCUT2D eigenvalue weighted by Crippen LogP contribution is -2.57. The maximum absolute atomic E-state index is 13.2. The molecule has 0 spiro atoms. The zero-order chi connectivity index (χ0) is 23.2. The number of amides is 1. The highest BCUT2D eigenvalue weighted by atomic mass is 35.5. The molecule has 1 fully saturated rings. The Morgan fingerprint density at radius 1 is 1.09 bits per heavy atom.